The average molecular weight is 298 g/mol. The molecule has 1 heterocycles. The van der Waals surface area contributed by atoms with Gasteiger partial charge in [0.15, 0.2) is 0 Å². The lowest BCUT2D eigenvalue weighted by Gasteiger charge is -2.54. The van der Waals surface area contributed by atoms with E-state index in [1.165, 1.54) is 0 Å². The third-order valence-corrected chi connectivity index (χ3v) is 4.52. The first kappa shape index (κ1) is 16.6. The fraction of sp³-hybridized carbons (Fsp3) is 0.938. The number of rotatable bonds is 4. The van der Waals surface area contributed by atoms with Crippen LogP contribution < -0.4 is 5.32 Å². The highest BCUT2D eigenvalue weighted by molar-refractivity contribution is 5.69. The summed E-state index contributed by atoms with van der Waals surface area (Å²) >= 11 is 0. The van der Waals surface area contributed by atoms with Crippen LogP contribution in [0.2, 0.25) is 0 Å². The van der Waals surface area contributed by atoms with Crippen LogP contribution in [0.1, 0.15) is 48.0 Å². The van der Waals surface area contributed by atoms with Crippen LogP contribution in [-0.4, -0.2) is 54.5 Å². The molecular formula is C16H30N2O3. The number of nitrogens with one attached hydrogen (secondary N) is 1. The van der Waals surface area contributed by atoms with Crippen LogP contribution >= 0.6 is 0 Å². The first-order chi connectivity index (χ1) is 9.63. The van der Waals surface area contributed by atoms with Crippen molar-refractivity contribution in [2.45, 2.75) is 71.8 Å². The van der Waals surface area contributed by atoms with Gasteiger partial charge < -0.3 is 19.7 Å². The van der Waals surface area contributed by atoms with Crippen molar-refractivity contribution in [2.24, 2.45) is 5.41 Å². The second-order valence-corrected chi connectivity index (χ2v) is 7.80. The maximum absolute atomic E-state index is 11.9. The quantitative estimate of drug-likeness (QED) is 0.866. The second kappa shape index (κ2) is 5.76. The molecule has 5 nitrogen and oxygen atoms in total. The maximum Gasteiger partial charge on any atom is 0.410 e. The fourth-order valence-corrected chi connectivity index (χ4v) is 3.00. The van der Waals surface area contributed by atoms with E-state index in [2.05, 4.69) is 19.2 Å². The van der Waals surface area contributed by atoms with E-state index in [1.807, 2.05) is 27.7 Å². The van der Waals surface area contributed by atoms with Crippen molar-refractivity contribution in [1.82, 2.24) is 10.2 Å². The summed E-state index contributed by atoms with van der Waals surface area (Å²) in [6.07, 6.45) is 1.20. The van der Waals surface area contributed by atoms with Gasteiger partial charge in [-0.05, 0) is 34.1 Å². The minimum atomic E-state index is -0.420. The van der Waals surface area contributed by atoms with Crippen molar-refractivity contribution in [1.29, 1.82) is 0 Å². The molecule has 1 N–H and O–H groups in total. The number of likely N-dealkylation sites (tertiary alicyclic amines) is 1. The van der Waals surface area contributed by atoms with Gasteiger partial charge in [-0.3, -0.25) is 0 Å². The molecule has 2 unspecified atom stereocenters. The van der Waals surface area contributed by atoms with Crippen LogP contribution in [0.15, 0.2) is 0 Å². The lowest BCUT2D eigenvalue weighted by atomic mass is 9.64. The molecule has 122 valence electrons. The summed E-state index contributed by atoms with van der Waals surface area (Å²) in [6.45, 7) is 14.5. The summed E-state index contributed by atoms with van der Waals surface area (Å²) in [6, 6.07) is 0.851. The molecular weight excluding hydrogens is 268 g/mol. The van der Waals surface area contributed by atoms with E-state index in [1.54, 1.807) is 4.90 Å². The number of amides is 1. The third kappa shape index (κ3) is 3.69. The summed E-state index contributed by atoms with van der Waals surface area (Å²) in [4.78, 5) is 13.6. The van der Waals surface area contributed by atoms with E-state index in [4.69, 9.17) is 9.47 Å². The number of ether oxygens (including phenoxy) is 2. The van der Waals surface area contributed by atoms with E-state index >= 15 is 0 Å². The Balaban J connectivity index is 1.71. The molecule has 2 aliphatic rings. The zero-order chi connectivity index (χ0) is 15.8. The number of hydrogen-bond acceptors (Lipinski definition) is 4. The Morgan fingerprint density at radius 1 is 1.33 bits per heavy atom. The van der Waals surface area contributed by atoms with Gasteiger partial charge in [0, 0.05) is 37.2 Å². The molecule has 0 spiro atoms. The lowest BCUT2D eigenvalue weighted by molar-refractivity contribution is -0.120. The predicted octanol–water partition coefficient (Wildman–Crippen LogP) is 2.40. The predicted molar refractivity (Wildman–Crippen MR) is 82.3 cm³/mol. The Hall–Kier alpha value is -0.810. The van der Waals surface area contributed by atoms with Crippen molar-refractivity contribution < 1.29 is 14.3 Å². The molecule has 2 fully saturated rings. The van der Waals surface area contributed by atoms with Crippen molar-refractivity contribution in [2.75, 3.05) is 19.7 Å². The van der Waals surface area contributed by atoms with Gasteiger partial charge in [-0.25, -0.2) is 4.79 Å². The first-order valence-electron chi connectivity index (χ1n) is 7.99. The molecule has 0 aromatic heterocycles. The van der Waals surface area contributed by atoms with Crippen LogP contribution in [0, 0.1) is 5.41 Å². The SMILES string of the molecule is CCOC1CC(NC2CN(C(=O)OC(C)(C)C)C2)C1(C)C. The Kier molecular flexibility index (Phi) is 4.54. The summed E-state index contributed by atoms with van der Waals surface area (Å²) in [5.74, 6) is 0. The highest BCUT2D eigenvalue weighted by atomic mass is 16.6. The maximum atomic E-state index is 11.9. The first-order valence-corrected chi connectivity index (χ1v) is 7.99. The highest BCUT2D eigenvalue weighted by Crippen LogP contribution is 2.43. The second-order valence-electron chi connectivity index (χ2n) is 7.80. The Bertz CT molecular complexity index is 383. The van der Waals surface area contributed by atoms with Gasteiger partial charge >= 0.3 is 6.09 Å². The van der Waals surface area contributed by atoms with Crippen LogP contribution in [0.4, 0.5) is 4.79 Å². The Morgan fingerprint density at radius 3 is 2.43 bits per heavy atom. The van der Waals surface area contributed by atoms with Crippen LogP contribution in [0.5, 0.6) is 0 Å². The molecule has 21 heavy (non-hydrogen) atoms. The summed E-state index contributed by atoms with van der Waals surface area (Å²) in [5.41, 5.74) is -0.251. The molecule has 1 saturated carbocycles. The summed E-state index contributed by atoms with van der Waals surface area (Å²) < 4.78 is 11.1. The molecule has 2 rings (SSSR count). The lowest BCUT2D eigenvalue weighted by Crippen LogP contribution is -2.69. The molecule has 1 aliphatic carbocycles. The minimum Gasteiger partial charge on any atom is -0.444 e. The van der Waals surface area contributed by atoms with Gasteiger partial charge in [0.25, 0.3) is 0 Å². The molecule has 0 aromatic rings. The zero-order valence-corrected chi connectivity index (χ0v) is 14.2. The fourth-order valence-electron chi connectivity index (χ4n) is 3.00. The molecule has 1 aliphatic heterocycles. The summed E-state index contributed by atoms with van der Waals surface area (Å²) in [7, 11) is 0. The molecule has 1 amide bonds. The standard InChI is InChI=1S/C16H30N2O3/c1-7-20-13-8-12(16(13,5)6)17-11-9-18(10-11)14(19)21-15(2,3)4/h11-13,17H,7-10H2,1-6H3. The monoisotopic (exact) mass is 298 g/mol. The topological polar surface area (TPSA) is 50.8 Å². The molecule has 0 aromatic carbocycles. The van der Waals surface area contributed by atoms with Crippen molar-refractivity contribution >= 4 is 6.09 Å². The number of nitrogens with zero attached hydrogens (tertiary/aromatic N) is 1. The van der Waals surface area contributed by atoms with E-state index < -0.39 is 5.60 Å². The van der Waals surface area contributed by atoms with Crippen molar-refractivity contribution in [3.63, 3.8) is 0 Å². The molecule has 0 bridgehead atoms. The van der Waals surface area contributed by atoms with Gasteiger partial charge in [0.2, 0.25) is 0 Å². The minimum absolute atomic E-state index is 0.169. The van der Waals surface area contributed by atoms with Gasteiger partial charge in [-0.15, -0.1) is 0 Å². The van der Waals surface area contributed by atoms with E-state index in [9.17, 15) is 4.79 Å². The van der Waals surface area contributed by atoms with Crippen LogP contribution in [-0.2, 0) is 9.47 Å². The highest BCUT2D eigenvalue weighted by Gasteiger charge is 2.50. The van der Waals surface area contributed by atoms with E-state index in [0.717, 1.165) is 26.1 Å². The normalized spacial score (nSPS) is 28.8. The average Bonchev–Trinajstić information content (AvgIpc) is 2.27. The van der Waals surface area contributed by atoms with Gasteiger partial charge in [0.1, 0.15) is 5.60 Å². The van der Waals surface area contributed by atoms with Crippen LogP contribution in [0.3, 0.4) is 0 Å². The van der Waals surface area contributed by atoms with E-state index in [0.29, 0.717) is 18.2 Å². The number of carbonyl (C=O) groups excluding carboxylic acids is 1. The van der Waals surface area contributed by atoms with Gasteiger partial charge in [0.05, 0.1) is 6.10 Å². The van der Waals surface area contributed by atoms with Gasteiger partial charge in [-0.1, -0.05) is 13.8 Å². The van der Waals surface area contributed by atoms with Crippen molar-refractivity contribution in [3.05, 3.63) is 0 Å². The molecule has 0 radical (unpaired) electrons. The zero-order valence-electron chi connectivity index (χ0n) is 14.2. The Labute approximate surface area is 128 Å². The molecule has 5 heteroatoms. The molecule has 2 atom stereocenters. The molecule has 1 saturated heterocycles. The van der Waals surface area contributed by atoms with Crippen LogP contribution in [0.25, 0.3) is 0 Å². The number of carbonyl (C=O) groups is 1. The third-order valence-electron chi connectivity index (χ3n) is 4.52. The largest absolute Gasteiger partial charge is 0.444 e. The number of hydrogen-bond donors (Lipinski definition) is 1. The Morgan fingerprint density at radius 2 is 1.95 bits per heavy atom. The van der Waals surface area contributed by atoms with Gasteiger partial charge in [-0.2, -0.15) is 0 Å². The van der Waals surface area contributed by atoms with E-state index in [-0.39, 0.29) is 11.5 Å². The smallest absolute Gasteiger partial charge is 0.410 e. The summed E-state index contributed by atoms with van der Waals surface area (Å²) in [5, 5.41) is 3.65. The van der Waals surface area contributed by atoms with Crippen molar-refractivity contribution in [3.8, 4) is 0 Å².